The van der Waals surface area contributed by atoms with Gasteiger partial charge in [0, 0.05) is 12.0 Å². The van der Waals surface area contributed by atoms with E-state index in [0.717, 1.165) is 13.2 Å². The molecule has 0 rings (SSSR count). The molecule has 0 saturated heterocycles. The summed E-state index contributed by atoms with van der Waals surface area (Å²) < 4.78 is 5.34. The summed E-state index contributed by atoms with van der Waals surface area (Å²) in [4.78, 5) is 0. The zero-order valence-corrected chi connectivity index (χ0v) is 7.81. The van der Waals surface area contributed by atoms with Crippen LogP contribution in [-0.4, -0.2) is 26.8 Å². The van der Waals surface area contributed by atoms with Crippen molar-refractivity contribution < 1.29 is 4.74 Å². The normalized spacial score (nSPS) is 11.5. The zero-order valence-electron chi connectivity index (χ0n) is 7.81. The van der Waals surface area contributed by atoms with E-state index in [1.165, 1.54) is 0 Å². The van der Waals surface area contributed by atoms with E-state index in [9.17, 15) is 0 Å². The van der Waals surface area contributed by atoms with Crippen molar-refractivity contribution in [2.24, 2.45) is 5.41 Å². The van der Waals surface area contributed by atoms with Gasteiger partial charge in [-0.3, -0.25) is 0 Å². The van der Waals surface area contributed by atoms with Gasteiger partial charge in [0.1, 0.15) is 0 Å². The molecular formula is C9H19NO. The largest absolute Gasteiger partial charge is 0.377 e. The van der Waals surface area contributed by atoms with E-state index in [1.807, 2.05) is 7.05 Å². The molecule has 0 aliphatic rings. The number of ether oxygens (including phenoxy) is 1. The molecule has 0 saturated carbocycles. The van der Waals surface area contributed by atoms with E-state index in [1.54, 1.807) is 6.08 Å². The molecule has 0 spiro atoms. The molecule has 0 aliphatic carbocycles. The highest BCUT2D eigenvalue weighted by molar-refractivity contribution is 4.71. The Morgan fingerprint density at radius 3 is 2.64 bits per heavy atom. The molecule has 0 aromatic rings. The molecule has 2 heteroatoms. The molecule has 66 valence electrons. The molecule has 0 atom stereocenters. The lowest BCUT2D eigenvalue weighted by atomic mass is 9.95. The van der Waals surface area contributed by atoms with Crippen LogP contribution in [0.5, 0.6) is 0 Å². The molecule has 0 fully saturated rings. The van der Waals surface area contributed by atoms with Crippen LogP contribution in [0.4, 0.5) is 0 Å². The van der Waals surface area contributed by atoms with Gasteiger partial charge < -0.3 is 10.1 Å². The van der Waals surface area contributed by atoms with Crippen molar-refractivity contribution in [1.82, 2.24) is 5.32 Å². The predicted molar refractivity (Wildman–Crippen MR) is 48.7 cm³/mol. The Labute approximate surface area is 69.6 Å². The first-order valence-corrected chi connectivity index (χ1v) is 3.95. The van der Waals surface area contributed by atoms with Crippen molar-refractivity contribution in [3.63, 3.8) is 0 Å². The SMILES string of the molecule is C=CCOCC(C)(C)CNC. The summed E-state index contributed by atoms with van der Waals surface area (Å²) in [6.07, 6.45) is 1.77. The van der Waals surface area contributed by atoms with E-state index in [-0.39, 0.29) is 5.41 Å². The highest BCUT2D eigenvalue weighted by atomic mass is 16.5. The maximum atomic E-state index is 5.34. The van der Waals surface area contributed by atoms with Crippen molar-refractivity contribution in [2.45, 2.75) is 13.8 Å². The molecule has 1 N–H and O–H groups in total. The van der Waals surface area contributed by atoms with Gasteiger partial charge in [-0.15, -0.1) is 6.58 Å². The Bertz CT molecular complexity index is 110. The summed E-state index contributed by atoms with van der Waals surface area (Å²) in [6.45, 7) is 10.3. The lowest BCUT2D eigenvalue weighted by Gasteiger charge is -2.23. The molecule has 0 radical (unpaired) electrons. The third-order valence-electron chi connectivity index (χ3n) is 1.38. The monoisotopic (exact) mass is 157 g/mol. The lowest BCUT2D eigenvalue weighted by molar-refractivity contribution is 0.0815. The third-order valence-corrected chi connectivity index (χ3v) is 1.38. The molecule has 0 aromatic heterocycles. The van der Waals surface area contributed by atoms with Crippen LogP contribution >= 0.6 is 0 Å². The van der Waals surface area contributed by atoms with Crippen LogP contribution in [0.25, 0.3) is 0 Å². The quantitative estimate of drug-likeness (QED) is 0.465. The van der Waals surface area contributed by atoms with Gasteiger partial charge in [0.15, 0.2) is 0 Å². The summed E-state index contributed by atoms with van der Waals surface area (Å²) in [6, 6.07) is 0. The second kappa shape index (κ2) is 5.33. The second-order valence-corrected chi connectivity index (χ2v) is 3.50. The number of hydrogen-bond acceptors (Lipinski definition) is 2. The number of nitrogens with one attached hydrogen (secondary N) is 1. The summed E-state index contributed by atoms with van der Waals surface area (Å²) in [5.74, 6) is 0. The third kappa shape index (κ3) is 6.07. The summed E-state index contributed by atoms with van der Waals surface area (Å²) in [5.41, 5.74) is 0.220. The topological polar surface area (TPSA) is 21.3 Å². The average molecular weight is 157 g/mol. The average Bonchev–Trinajstić information content (AvgIpc) is 1.87. The van der Waals surface area contributed by atoms with Crippen molar-refractivity contribution in [2.75, 3.05) is 26.8 Å². The molecule has 0 unspecified atom stereocenters. The molecule has 0 bridgehead atoms. The molecule has 0 aromatic carbocycles. The lowest BCUT2D eigenvalue weighted by Crippen LogP contribution is -2.31. The minimum absolute atomic E-state index is 0.220. The van der Waals surface area contributed by atoms with Crippen LogP contribution in [0.1, 0.15) is 13.8 Å². The van der Waals surface area contributed by atoms with Crippen LogP contribution in [0.2, 0.25) is 0 Å². The molecule has 0 amide bonds. The molecular weight excluding hydrogens is 138 g/mol. The number of rotatable bonds is 6. The van der Waals surface area contributed by atoms with Crippen LogP contribution in [0.3, 0.4) is 0 Å². The van der Waals surface area contributed by atoms with E-state index < -0.39 is 0 Å². The first kappa shape index (κ1) is 10.7. The van der Waals surface area contributed by atoms with Crippen molar-refractivity contribution in [3.8, 4) is 0 Å². The van der Waals surface area contributed by atoms with Gasteiger partial charge in [-0.05, 0) is 7.05 Å². The summed E-state index contributed by atoms with van der Waals surface area (Å²) in [5, 5.41) is 3.13. The first-order chi connectivity index (χ1) is 5.12. The van der Waals surface area contributed by atoms with E-state index in [0.29, 0.717) is 6.61 Å². The van der Waals surface area contributed by atoms with Gasteiger partial charge in [-0.2, -0.15) is 0 Å². The maximum absolute atomic E-state index is 5.34. The van der Waals surface area contributed by atoms with E-state index in [2.05, 4.69) is 25.7 Å². The van der Waals surface area contributed by atoms with Gasteiger partial charge in [0.25, 0.3) is 0 Å². The Kier molecular flexibility index (Phi) is 5.16. The number of hydrogen-bond donors (Lipinski definition) is 1. The van der Waals surface area contributed by atoms with Crippen LogP contribution in [0, 0.1) is 5.41 Å². The molecule has 11 heavy (non-hydrogen) atoms. The van der Waals surface area contributed by atoms with Gasteiger partial charge in [0.2, 0.25) is 0 Å². The molecule has 0 heterocycles. The zero-order chi connectivity index (χ0) is 8.74. The van der Waals surface area contributed by atoms with Crippen LogP contribution in [0.15, 0.2) is 12.7 Å². The molecule has 2 nitrogen and oxygen atoms in total. The van der Waals surface area contributed by atoms with Gasteiger partial charge in [0.05, 0.1) is 13.2 Å². The summed E-state index contributed by atoms with van der Waals surface area (Å²) >= 11 is 0. The van der Waals surface area contributed by atoms with E-state index in [4.69, 9.17) is 4.74 Å². The Hall–Kier alpha value is -0.340. The van der Waals surface area contributed by atoms with Gasteiger partial charge >= 0.3 is 0 Å². The summed E-state index contributed by atoms with van der Waals surface area (Å²) in [7, 11) is 1.95. The minimum Gasteiger partial charge on any atom is -0.377 e. The maximum Gasteiger partial charge on any atom is 0.0645 e. The van der Waals surface area contributed by atoms with Gasteiger partial charge in [-0.25, -0.2) is 0 Å². The second-order valence-electron chi connectivity index (χ2n) is 3.50. The first-order valence-electron chi connectivity index (χ1n) is 3.95. The minimum atomic E-state index is 0.220. The smallest absolute Gasteiger partial charge is 0.0645 e. The van der Waals surface area contributed by atoms with Crippen LogP contribution in [-0.2, 0) is 4.74 Å². The Morgan fingerprint density at radius 2 is 2.18 bits per heavy atom. The highest BCUT2D eigenvalue weighted by Gasteiger charge is 2.15. The van der Waals surface area contributed by atoms with Gasteiger partial charge in [-0.1, -0.05) is 19.9 Å². The molecule has 0 aliphatic heterocycles. The Balaban J connectivity index is 3.45. The van der Waals surface area contributed by atoms with Crippen molar-refractivity contribution in [3.05, 3.63) is 12.7 Å². The van der Waals surface area contributed by atoms with Crippen molar-refractivity contribution >= 4 is 0 Å². The fourth-order valence-electron chi connectivity index (χ4n) is 0.948. The van der Waals surface area contributed by atoms with E-state index >= 15 is 0 Å². The fraction of sp³-hybridized carbons (Fsp3) is 0.778. The predicted octanol–water partition coefficient (Wildman–Crippen LogP) is 1.43. The Morgan fingerprint density at radius 1 is 1.55 bits per heavy atom. The van der Waals surface area contributed by atoms with Crippen LogP contribution < -0.4 is 5.32 Å². The highest BCUT2D eigenvalue weighted by Crippen LogP contribution is 2.13. The fourth-order valence-corrected chi connectivity index (χ4v) is 0.948. The standard InChI is InChI=1S/C9H19NO/c1-5-6-11-8-9(2,3)7-10-4/h5,10H,1,6-8H2,2-4H3. The van der Waals surface area contributed by atoms with Crippen molar-refractivity contribution in [1.29, 1.82) is 0 Å².